The number of thioether (sulfide) groups is 1. The Morgan fingerprint density at radius 3 is 2.93 bits per heavy atom. The average Bonchev–Trinajstić information content (AvgIpc) is 2.13. The molecule has 14 heavy (non-hydrogen) atoms. The van der Waals surface area contributed by atoms with Crippen molar-refractivity contribution in [3.8, 4) is 0 Å². The topological polar surface area (TPSA) is 32.3 Å². The number of nitrogens with one attached hydrogen (secondary N) is 1. The van der Waals surface area contributed by atoms with E-state index in [0.717, 1.165) is 31.8 Å². The van der Waals surface area contributed by atoms with Crippen molar-refractivity contribution in [2.24, 2.45) is 0 Å². The van der Waals surface area contributed by atoms with Gasteiger partial charge in [-0.1, -0.05) is 0 Å². The molecule has 1 aliphatic rings. The van der Waals surface area contributed by atoms with Gasteiger partial charge >= 0.3 is 0 Å². The Morgan fingerprint density at radius 2 is 2.29 bits per heavy atom. The van der Waals surface area contributed by atoms with Gasteiger partial charge in [0.2, 0.25) is 5.91 Å². The minimum Gasteiger partial charge on any atom is -0.340 e. The van der Waals surface area contributed by atoms with Crippen LogP contribution in [0, 0.1) is 0 Å². The number of piperazine rings is 1. The van der Waals surface area contributed by atoms with Gasteiger partial charge in [0.05, 0.1) is 5.54 Å². The first-order valence-corrected chi connectivity index (χ1v) is 6.50. The lowest BCUT2D eigenvalue weighted by Gasteiger charge is -2.38. The van der Waals surface area contributed by atoms with Gasteiger partial charge in [0.25, 0.3) is 0 Å². The first-order valence-electron chi connectivity index (χ1n) is 5.11. The highest BCUT2D eigenvalue weighted by atomic mass is 32.2. The molecule has 3 nitrogen and oxygen atoms in total. The van der Waals surface area contributed by atoms with E-state index >= 15 is 0 Å². The number of carbonyl (C=O) groups is 1. The summed E-state index contributed by atoms with van der Waals surface area (Å²) in [6.45, 7) is 6.59. The molecular weight excluding hydrogens is 196 g/mol. The maximum Gasteiger partial charge on any atom is 0.242 e. The molecule has 0 saturated carbocycles. The van der Waals surface area contributed by atoms with E-state index < -0.39 is 0 Å². The van der Waals surface area contributed by atoms with E-state index in [9.17, 15) is 4.79 Å². The van der Waals surface area contributed by atoms with Crippen LogP contribution in [0.5, 0.6) is 0 Å². The summed E-state index contributed by atoms with van der Waals surface area (Å²) in [4.78, 5) is 13.9. The fourth-order valence-electron chi connectivity index (χ4n) is 1.69. The molecule has 4 heteroatoms. The summed E-state index contributed by atoms with van der Waals surface area (Å²) >= 11 is 1.84. The largest absolute Gasteiger partial charge is 0.340 e. The molecule has 1 N–H and O–H groups in total. The predicted octanol–water partition coefficient (Wildman–Crippen LogP) is 0.950. The normalized spacial score (nSPS) is 21.4. The average molecular weight is 216 g/mol. The standard InChI is InChI=1S/C10H20N2OS/c1-10(2)9(13)12(7-5-11-10)6-4-8-14-3/h11H,4-8H2,1-3H3. The molecule has 0 aromatic rings. The molecule has 1 aliphatic heterocycles. The van der Waals surface area contributed by atoms with E-state index in [2.05, 4.69) is 11.6 Å². The SMILES string of the molecule is CSCCCN1CCNC(C)(C)C1=O. The third-order valence-electron chi connectivity index (χ3n) is 2.55. The summed E-state index contributed by atoms with van der Waals surface area (Å²) in [5.74, 6) is 1.38. The third-order valence-corrected chi connectivity index (χ3v) is 3.24. The lowest BCUT2D eigenvalue weighted by molar-refractivity contribution is -0.139. The Hall–Kier alpha value is -0.220. The molecule has 1 saturated heterocycles. The zero-order valence-corrected chi connectivity index (χ0v) is 10.1. The van der Waals surface area contributed by atoms with Gasteiger partial charge in [-0.3, -0.25) is 4.79 Å². The molecule has 0 radical (unpaired) electrons. The number of rotatable bonds is 4. The Kier molecular flexibility index (Phi) is 4.26. The van der Waals surface area contributed by atoms with Gasteiger partial charge in [-0.15, -0.1) is 0 Å². The quantitative estimate of drug-likeness (QED) is 0.710. The molecule has 0 spiro atoms. The van der Waals surface area contributed by atoms with E-state index in [4.69, 9.17) is 0 Å². The van der Waals surface area contributed by atoms with E-state index in [0.29, 0.717) is 0 Å². The molecule has 0 aromatic carbocycles. The van der Waals surface area contributed by atoms with Crippen molar-refractivity contribution >= 4 is 17.7 Å². The number of amides is 1. The van der Waals surface area contributed by atoms with Crippen molar-refractivity contribution in [2.75, 3.05) is 31.6 Å². The van der Waals surface area contributed by atoms with Gasteiger partial charge in [-0.2, -0.15) is 11.8 Å². The fraction of sp³-hybridized carbons (Fsp3) is 0.900. The summed E-state index contributed by atoms with van der Waals surface area (Å²) in [5.41, 5.74) is -0.363. The van der Waals surface area contributed by atoms with Crippen LogP contribution in [0.2, 0.25) is 0 Å². The summed E-state index contributed by atoms with van der Waals surface area (Å²) in [6, 6.07) is 0. The van der Waals surface area contributed by atoms with E-state index in [1.165, 1.54) is 0 Å². The van der Waals surface area contributed by atoms with Crippen molar-refractivity contribution in [3.05, 3.63) is 0 Å². The third kappa shape index (κ3) is 2.89. The van der Waals surface area contributed by atoms with E-state index in [-0.39, 0.29) is 11.4 Å². The molecule has 1 heterocycles. The number of hydrogen-bond donors (Lipinski definition) is 1. The fourth-order valence-corrected chi connectivity index (χ4v) is 2.11. The molecule has 0 bridgehead atoms. The van der Waals surface area contributed by atoms with Gasteiger partial charge < -0.3 is 10.2 Å². The molecule has 0 unspecified atom stereocenters. The van der Waals surface area contributed by atoms with Gasteiger partial charge in [0, 0.05) is 19.6 Å². The van der Waals surface area contributed by atoms with Gasteiger partial charge in [-0.25, -0.2) is 0 Å². The van der Waals surface area contributed by atoms with Crippen LogP contribution in [-0.4, -0.2) is 48.0 Å². The second-order valence-electron chi connectivity index (χ2n) is 4.19. The maximum atomic E-state index is 11.9. The van der Waals surface area contributed by atoms with Crippen LogP contribution in [0.3, 0.4) is 0 Å². The van der Waals surface area contributed by atoms with Crippen LogP contribution in [0.4, 0.5) is 0 Å². The number of hydrogen-bond acceptors (Lipinski definition) is 3. The van der Waals surface area contributed by atoms with E-state index in [1.54, 1.807) is 0 Å². The molecule has 0 atom stereocenters. The minimum absolute atomic E-state index is 0.241. The monoisotopic (exact) mass is 216 g/mol. The molecular formula is C10H20N2OS. The van der Waals surface area contributed by atoms with Crippen LogP contribution in [0.1, 0.15) is 20.3 Å². The Bertz CT molecular complexity index is 206. The molecule has 0 aliphatic carbocycles. The minimum atomic E-state index is -0.363. The lowest BCUT2D eigenvalue weighted by atomic mass is 10.0. The molecule has 0 aromatic heterocycles. The molecule has 1 amide bonds. The molecule has 1 fully saturated rings. The van der Waals surface area contributed by atoms with E-state index in [1.807, 2.05) is 30.5 Å². The maximum absolute atomic E-state index is 11.9. The van der Waals surface area contributed by atoms with Gasteiger partial charge in [0.15, 0.2) is 0 Å². The lowest BCUT2D eigenvalue weighted by Crippen LogP contribution is -2.61. The summed E-state index contributed by atoms with van der Waals surface area (Å²) in [5, 5.41) is 3.23. The highest BCUT2D eigenvalue weighted by Gasteiger charge is 2.34. The zero-order chi connectivity index (χ0) is 10.6. The van der Waals surface area contributed by atoms with Crippen molar-refractivity contribution in [3.63, 3.8) is 0 Å². The number of carbonyl (C=O) groups excluding carboxylic acids is 1. The summed E-state index contributed by atoms with van der Waals surface area (Å²) in [6.07, 6.45) is 3.20. The second kappa shape index (κ2) is 5.03. The summed E-state index contributed by atoms with van der Waals surface area (Å²) in [7, 11) is 0. The van der Waals surface area contributed by atoms with Gasteiger partial charge in [-0.05, 0) is 32.3 Å². The zero-order valence-electron chi connectivity index (χ0n) is 9.30. The Morgan fingerprint density at radius 1 is 1.57 bits per heavy atom. The van der Waals surface area contributed by atoms with Crippen LogP contribution >= 0.6 is 11.8 Å². The number of nitrogens with zero attached hydrogens (tertiary/aromatic N) is 1. The smallest absolute Gasteiger partial charge is 0.242 e. The second-order valence-corrected chi connectivity index (χ2v) is 5.18. The van der Waals surface area contributed by atoms with Crippen molar-refractivity contribution < 1.29 is 4.79 Å². The first kappa shape index (κ1) is 11.9. The van der Waals surface area contributed by atoms with Crippen molar-refractivity contribution in [1.29, 1.82) is 0 Å². The highest BCUT2D eigenvalue weighted by Crippen LogP contribution is 2.12. The molecule has 1 rings (SSSR count). The highest BCUT2D eigenvalue weighted by molar-refractivity contribution is 7.98. The van der Waals surface area contributed by atoms with Crippen LogP contribution in [0.25, 0.3) is 0 Å². The van der Waals surface area contributed by atoms with Crippen molar-refractivity contribution in [2.45, 2.75) is 25.8 Å². The van der Waals surface area contributed by atoms with Crippen molar-refractivity contribution in [1.82, 2.24) is 10.2 Å². The summed E-state index contributed by atoms with van der Waals surface area (Å²) < 4.78 is 0. The van der Waals surface area contributed by atoms with Gasteiger partial charge in [0.1, 0.15) is 0 Å². The van der Waals surface area contributed by atoms with Crippen LogP contribution in [0.15, 0.2) is 0 Å². The van der Waals surface area contributed by atoms with Crippen LogP contribution < -0.4 is 5.32 Å². The Balaban J connectivity index is 2.41. The molecule has 82 valence electrons. The first-order chi connectivity index (χ1) is 6.58. The Labute approximate surface area is 90.6 Å². The predicted molar refractivity (Wildman–Crippen MR) is 61.7 cm³/mol. The van der Waals surface area contributed by atoms with Crippen LogP contribution in [-0.2, 0) is 4.79 Å².